The number of nitrogens with zero attached hydrogens (tertiary/aromatic N) is 3. The summed E-state index contributed by atoms with van der Waals surface area (Å²) in [4.78, 5) is 14.9. The average molecular weight is 292 g/mol. The zero-order valence-electron chi connectivity index (χ0n) is 12.2. The highest BCUT2D eigenvalue weighted by Gasteiger charge is 2.39. The summed E-state index contributed by atoms with van der Waals surface area (Å²) in [6, 6.07) is 6.45. The van der Waals surface area contributed by atoms with Crippen LogP contribution >= 0.6 is 0 Å². The second-order valence-electron chi connectivity index (χ2n) is 4.53. The molecule has 114 valence electrons. The minimum absolute atomic E-state index is 0.136. The number of methoxy groups -OCH3 is 1. The molecule has 0 fully saturated rings. The molecule has 1 aromatic carbocycles. The van der Waals surface area contributed by atoms with Crippen LogP contribution in [0.25, 0.3) is 10.4 Å². The number of nitrogens with one attached hydrogen (secondary N) is 1. The third kappa shape index (κ3) is 4.11. The number of hydrogen-bond acceptors (Lipinski definition) is 5. The molecule has 0 aromatic heterocycles. The lowest BCUT2D eigenvalue weighted by atomic mass is 9.87. The second kappa shape index (κ2) is 8.14. The normalized spacial score (nSPS) is 13.0. The molecule has 0 bridgehead atoms. The SMILES string of the molecule is CCC(NCCCN=[N+]=[N-])(C(=O)OC)c1ccc(O)cc1. The predicted octanol–water partition coefficient (Wildman–Crippen LogP) is 2.46. The Labute approximate surface area is 123 Å². The minimum atomic E-state index is -0.973. The van der Waals surface area contributed by atoms with Crippen molar-refractivity contribution >= 4 is 5.97 Å². The van der Waals surface area contributed by atoms with Gasteiger partial charge in [-0.3, -0.25) is 5.32 Å². The molecule has 2 N–H and O–H groups in total. The molecule has 0 aliphatic heterocycles. The lowest BCUT2D eigenvalue weighted by Gasteiger charge is -2.31. The van der Waals surface area contributed by atoms with Crippen molar-refractivity contribution in [3.63, 3.8) is 0 Å². The summed E-state index contributed by atoms with van der Waals surface area (Å²) in [7, 11) is 1.34. The van der Waals surface area contributed by atoms with Gasteiger partial charge in [-0.05, 0) is 42.6 Å². The Morgan fingerprint density at radius 3 is 2.67 bits per heavy atom. The molecular weight excluding hydrogens is 272 g/mol. The number of rotatable bonds is 8. The topological polar surface area (TPSA) is 107 Å². The smallest absolute Gasteiger partial charge is 0.330 e. The zero-order valence-corrected chi connectivity index (χ0v) is 12.2. The Balaban J connectivity index is 2.95. The van der Waals surface area contributed by atoms with Crippen molar-refractivity contribution in [1.82, 2.24) is 5.32 Å². The summed E-state index contributed by atoms with van der Waals surface area (Å²) < 4.78 is 4.92. The lowest BCUT2D eigenvalue weighted by Crippen LogP contribution is -2.50. The number of benzene rings is 1. The molecule has 0 saturated carbocycles. The summed E-state index contributed by atoms with van der Waals surface area (Å²) in [5.41, 5.74) is 7.99. The van der Waals surface area contributed by atoms with E-state index in [-0.39, 0.29) is 11.7 Å². The van der Waals surface area contributed by atoms with Gasteiger partial charge in [0.2, 0.25) is 0 Å². The van der Waals surface area contributed by atoms with Gasteiger partial charge in [-0.1, -0.05) is 24.2 Å². The first-order chi connectivity index (χ1) is 10.1. The first-order valence-electron chi connectivity index (χ1n) is 6.74. The second-order valence-corrected chi connectivity index (χ2v) is 4.53. The quantitative estimate of drug-likeness (QED) is 0.252. The fourth-order valence-corrected chi connectivity index (χ4v) is 2.18. The Kier molecular flexibility index (Phi) is 6.52. The number of carbonyl (C=O) groups is 1. The number of hydrogen-bond donors (Lipinski definition) is 2. The van der Waals surface area contributed by atoms with Crippen LogP contribution in [0.15, 0.2) is 29.4 Å². The van der Waals surface area contributed by atoms with Crippen molar-refractivity contribution < 1.29 is 14.6 Å². The fourth-order valence-electron chi connectivity index (χ4n) is 2.18. The van der Waals surface area contributed by atoms with E-state index in [1.807, 2.05) is 6.92 Å². The van der Waals surface area contributed by atoms with E-state index >= 15 is 0 Å². The molecule has 7 nitrogen and oxygen atoms in total. The van der Waals surface area contributed by atoms with Crippen LogP contribution in [0.2, 0.25) is 0 Å². The molecule has 0 saturated heterocycles. The van der Waals surface area contributed by atoms with Gasteiger partial charge in [0.1, 0.15) is 11.3 Å². The number of ether oxygens (including phenoxy) is 1. The van der Waals surface area contributed by atoms with Crippen LogP contribution in [-0.4, -0.2) is 31.3 Å². The summed E-state index contributed by atoms with van der Waals surface area (Å²) in [6.07, 6.45) is 1.10. The monoisotopic (exact) mass is 292 g/mol. The molecule has 0 amide bonds. The van der Waals surface area contributed by atoms with Crippen molar-refractivity contribution in [2.24, 2.45) is 5.11 Å². The maximum absolute atomic E-state index is 12.2. The summed E-state index contributed by atoms with van der Waals surface area (Å²) in [6.45, 7) is 2.74. The largest absolute Gasteiger partial charge is 0.508 e. The van der Waals surface area contributed by atoms with Gasteiger partial charge >= 0.3 is 5.97 Å². The Bertz CT molecular complexity index is 511. The highest BCUT2D eigenvalue weighted by atomic mass is 16.5. The van der Waals surface area contributed by atoms with Gasteiger partial charge in [0, 0.05) is 11.5 Å². The molecule has 0 heterocycles. The fraction of sp³-hybridized carbons (Fsp3) is 0.500. The Hall–Kier alpha value is -2.24. The van der Waals surface area contributed by atoms with Crippen molar-refractivity contribution in [1.29, 1.82) is 0 Å². The molecule has 1 unspecified atom stereocenters. The van der Waals surface area contributed by atoms with E-state index in [2.05, 4.69) is 15.3 Å². The highest BCUT2D eigenvalue weighted by molar-refractivity contribution is 5.82. The van der Waals surface area contributed by atoms with Gasteiger partial charge < -0.3 is 9.84 Å². The van der Waals surface area contributed by atoms with Crippen molar-refractivity contribution in [2.75, 3.05) is 20.2 Å². The van der Waals surface area contributed by atoms with Gasteiger partial charge in [-0.15, -0.1) is 0 Å². The molecule has 7 heteroatoms. The number of phenolic OH excluding ortho intramolecular Hbond substituents is 1. The van der Waals surface area contributed by atoms with Crippen LogP contribution in [0, 0.1) is 0 Å². The molecule has 0 radical (unpaired) electrons. The Morgan fingerprint density at radius 1 is 1.48 bits per heavy atom. The first kappa shape index (κ1) is 16.8. The number of aromatic hydroxyl groups is 1. The minimum Gasteiger partial charge on any atom is -0.508 e. The van der Waals surface area contributed by atoms with Crippen LogP contribution in [0.5, 0.6) is 5.75 Å². The Morgan fingerprint density at radius 2 is 2.14 bits per heavy atom. The molecule has 0 aliphatic rings. The van der Waals surface area contributed by atoms with E-state index in [9.17, 15) is 9.90 Å². The maximum atomic E-state index is 12.2. The van der Waals surface area contributed by atoms with Gasteiger partial charge in [0.25, 0.3) is 0 Å². The van der Waals surface area contributed by atoms with Crippen LogP contribution in [-0.2, 0) is 15.1 Å². The third-order valence-corrected chi connectivity index (χ3v) is 3.35. The van der Waals surface area contributed by atoms with Crippen LogP contribution < -0.4 is 5.32 Å². The number of esters is 1. The molecule has 21 heavy (non-hydrogen) atoms. The number of azide groups is 1. The molecule has 0 aliphatic carbocycles. The van der Waals surface area contributed by atoms with E-state index in [0.29, 0.717) is 25.9 Å². The number of phenols is 1. The van der Waals surface area contributed by atoms with Gasteiger partial charge in [0.15, 0.2) is 0 Å². The van der Waals surface area contributed by atoms with Gasteiger partial charge in [-0.25, -0.2) is 4.79 Å². The van der Waals surface area contributed by atoms with Crippen molar-refractivity contribution in [3.8, 4) is 5.75 Å². The van der Waals surface area contributed by atoms with E-state index in [1.54, 1.807) is 12.1 Å². The summed E-state index contributed by atoms with van der Waals surface area (Å²) in [5.74, 6) is -0.253. The predicted molar refractivity (Wildman–Crippen MR) is 78.7 cm³/mol. The standard InChI is InChI=1S/C14H20N4O3/c1-3-14(13(20)21-2,16-9-4-10-17-18-15)11-5-7-12(19)8-6-11/h5-8,16,19H,3-4,9-10H2,1-2H3. The van der Waals surface area contributed by atoms with Gasteiger partial charge in [-0.2, -0.15) is 0 Å². The lowest BCUT2D eigenvalue weighted by molar-refractivity contribution is -0.149. The van der Waals surface area contributed by atoms with Crippen LogP contribution in [0.1, 0.15) is 25.3 Å². The molecular formula is C14H20N4O3. The van der Waals surface area contributed by atoms with Gasteiger partial charge in [0.05, 0.1) is 7.11 Å². The number of carbonyl (C=O) groups excluding carboxylic acids is 1. The van der Waals surface area contributed by atoms with E-state index in [0.717, 1.165) is 5.56 Å². The molecule has 0 spiro atoms. The van der Waals surface area contributed by atoms with Crippen molar-refractivity contribution in [2.45, 2.75) is 25.3 Å². The summed E-state index contributed by atoms with van der Waals surface area (Å²) >= 11 is 0. The van der Waals surface area contributed by atoms with Crippen molar-refractivity contribution in [3.05, 3.63) is 40.3 Å². The maximum Gasteiger partial charge on any atom is 0.330 e. The zero-order chi connectivity index (χ0) is 15.7. The molecule has 1 rings (SSSR count). The van der Waals surface area contributed by atoms with Crippen LogP contribution in [0.3, 0.4) is 0 Å². The highest BCUT2D eigenvalue weighted by Crippen LogP contribution is 2.28. The van der Waals surface area contributed by atoms with Crippen LogP contribution in [0.4, 0.5) is 0 Å². The first-order valence-corrected chi connectivity index (χ1v) is 6.74. The van der Waals surface area contributed by atoms with E-state index < -0.39 is 5.54 Å². The summed E-state index contributed by atoms with van der Waals surface area (Å²) in [5, 5.41) is 16.0. The van der Waals surface area contributed by atoms with E-state index in [4.69, 9.17) is 10.3 Å². The average Bonchev–Trinajstić information content (AvgIpc) is 2.51. The molecule has 1 atom stereocenters. The molecule has 1 aromatic rings. The third-order valence-electron chi connectivity index (χ3n) is 3.35. The van der Waals surface area contributed by atoms with E-state index in [1.165, 1.54) is 19.2 Å².